The van der Waals surface area contributed by atoms with Gasteiger partial charge in [0.15, 0.2) is 0 Å². The molecule has 0 unspecified atom stereocenters. The molecular formula is C49H66N8O7. The SMILES string of the molecule is CCC.CCOC.COC(=O)NCC(=O)N(Cc1ncc(-c2ccc3cc(-c4ccc(-c5cnc([C@@H]6[C@H]7CC[C@H](C7)N6C)[nH]5)cc4)ccc3c2)[nH]1)CC1(C)CC1.COC(=O)NCC=O. The van der Waals surface area contributed by atoms with E-state index in [4.69, 9.17) is 4.98 Å². The van der Waals surface area contributed by atoms with E-state index in [9.17, 15) is 19.2 Å². The monoisotopic (exact) mass is 879 g/mol. The van der Waals surface area contributed by atoms with E-state index >= 15 is 0 Å². The van der Waals surface area contributed by atoms with Crippen molar-refractivity contribution in [2.75, 3.05) is 54.6 Å². The number of aromatic amines is 2. The summed E-state index contributed by atoms with van der Waals surface area (Å²) in [5.74, 6) is 2.35. The Morgan fingerprint density at radius 1 is 0.828 bits per heavy atom. The molecule has 1 aliphatic heterocycles. The number of carbonyl (C=O) groups excluding carboxylic acids is 4. The Hall–Kier alpha value is -6.06. The summed E-state index contributed by atoms with van der Waals surface area (Å²) >= 11 is 0. The second-order valence-corrected chi connectivity index (χ2v) is 16.8. The van der Waals surface area contributed by atoms with Gasteiger partial charge in [0.1, 0.15) is 24.5 Å². The summed E-state index contributed by atoms with van der Waals surface area (Å²) < 4.78 is 13.3. The number of methoxy groups -OCH3 is 3. The number of imidazole rings is 2. The fraction of sp³-hybridized carbons (Fsp3) is 0.469. The van der Waals surface area contributed by atoms with Crippen LogP contribution in [0.25, 0.3) is 44.4 Å². The van der Waals surface area contributed by atoms with Gasteiger partial charge in [0.05, 0.1) is 57.1 Å². The lowest BCUT2D eigenvalue weighted by molar-refractivity contribution is -0.131. The number of amides is 3. The van der Waals surface area contributed by atoms with E-state index in [-0.39, 0.29) is 24.4 Å². The molecule has 4 N–H and O–H groups in total. The van der Waals surface area contributed by atoms with E-state index < -0.39 is 12.2 Å². The van der Waals surface area contributed by atoms with E-state index in [1.165, 1.54) is 51.0 Å². The van der Waals surface area contributed by atoms with Crippen LogP contribution in [0, 0.1) is 11.3 Å². The van der Waals surface area contributed by atoms with Crippen molar-refractivity contribution in [1.82, 2.24) is 40.4 Å². The fourth-order valence-electron chi connectivity index (χ4n) is 8.06. The van der Waals surface area contributed by atoms with Gasteiger partial charge in [0.2, 0.25) is 5.91 Å². The zero-order valence-corrected chi connectivity index (χ0v) is 38.7. The summed E-state index contributed by atoms with van der Waals surface area (Å²) in [7, 11) is 6.45. The molecule has 0 spiro atoms. The normalized spacial score (nSPS) is 17.7. The molecule has 2 aromatic heterocycles. The first-order valence-electron chi connectivity index (χ1n) is 22.2. The van der Waals surface area contributed by atoms with Crippen LogP contribution in [0.5, 0.6) is 0 Å². The summed E-state index contributed by atoms with van der Waals surface area (Å²) in [5.41, 5.74) is 6.58. The molecule has 2 saturated carbocycles. The molecule has 64 heavy (non-hydrogen) atoms. The molecule has 15 nitrogen and oxygen atoms in total. The molecule has 344 valence electrons. The third kappa shape index (κ3) is 13.2. The Kier molecular flexibility index (Phi) is 18.0. The number of ether oxygens (including phenoxy) is 3. The number of likely N-dealkylation sites (tertiary alicyclic amines) is 1. The molecule has 3 aromatic carbocycles. The van der Waals surface area contributed by atoms with E-state index in [0.29, 0.717) is 37.3 Å². The molecule has 3 fully saturated rings. The van der Waals surface area contributed by atoms with Gasteiger partial charge in [0.25, 0.3) is 0 Å². The third-order valence-corrected chi connectivity index (χ3v) is 11.8. The summed E-state index contributed by atoms with van der Waals surface area (Å²) in [6, 6.07) is 22.8. The Morgan fingerprint density at radius 3 is 2.00 bits per heavy atom. The number of carbonyl (C=O) groups is 4. The maximum Gasteiger partial charge on any atom is 0.407 e. The lowest BCUT2D eigenvalue weighted by Crippen LogP contribution is -2.42. The number of rotatable bonds is 13. The Bertz CT molecular complexity index is 2280. The molecule has 1 saturated heterocycles. The number of nitrogens with one attached hydrogen (secondary N) is 4. The largest absolute Gasteiger partial charge is 0.453 e. The molecule has 2 aliphatic carbocycles. The van der Waals surface area contributed by atoms with E-state index in [1.807, 2.05) is 19.3 Å². The fourth-order valence-corrected chi connectivity index (χ4v) is 8.06. The zero-order valence-electron chi connectivity index (χ0n) is 38.7. The first kappa shape index (κ1) is 49.0. The highest BCUT2D eigenvalue weighted by Crippen LogP contribution is 2.49. The second kappa shape index (κ2) is 23.6. The zero-order chi connectivity index (χ0) is 46.2. The van der Waals surface area contributed by atoms with Gasteiger partial charge in [0, 0.05) is 31.9 Å². The van der Waals surface area contributed by atoms with Crippen molar-refractivity contribution in [3.05, 3.63) is 84.7 Å². The Morgan fingerprint density at radius 2 is 1.41 bits per heavy atom. The van der Waals surface area contributed by atoms with Crippen LogP contribution >= 0.6 is 0 Å². The lowest BCUT2D eigenvalue weighted by atomic mass is 9.98. The highest BCUT2D eigenvalue weighted by atomic mass is 16.5. The van der Waals surface area contributed by atoms with Crippen LogP contribution in [-0.4, -0.2) is 115 Å². The second-order valence-electron chi connectivity index (χ2n) is 16.8. The number of nitrogens with zero attached hydrogens (tertiary/aromatic N) is 4. The third-order valence-electron chi connectivity index (χ3n) is 11.8. The predicted molar refractivity (Wildman–Crippen MR) is 249 cm³/mol. The van der Waals surface area contributed by atoms with Crippen LogP contribution in [0.3, 0.4) is 0 Å². The minimum absolute atomic E-state index is 0.00662. The first-order chi connectivity index (χ1) is 30.9. The lowest BCUT2D eigenvalue weighted by Gasteiger charge is -2.30. The van der Waals surface area contributed by atoms with Crippen molar-refractivity contribution < 1.29 is 33.4 Å². The number of hydrogen-bond acceptors (Lipinski definition) is 10. The summed E-state index contributed by atoms with van der Waals surface area (Å²) in [5, 5.41) is 6.95. The molecule has 15 heteroatoms. The molecule has 3 heterocycles. The highest BCUT2D eigenvalue weighted by molar-refractivity contribution is 5.90. The number of aldehydes is 1. The number of fused-ring (bicyclic) bond motifs is 3. The first-order valence-corrected chi connectivity index (χ1v) is 22.2. The standard InChI is InChI=1S/C39H43N7O3.C4H7NO3.C3H8O.C3H8/c1-39(14-15-39)23-46(35(47)21-42-38(48)49-3)22-34-40-19-33(43-34)29-11-10-27-16-26(8-9-28(27)17-29)24-4-6-25(7-5-24)32-20-41-37(44-32)36-30-12-13-31(18-30)45(36)2;1-8-4(7)5-2-3-6;1-3-4-2;1-3-2/h4-11,16-17,19-20,30-31,36H,12-15,18,21-23H2,1-3H3,(H,40,43)(H,41,44)(H,42,48);3H,2H2,1H3,(H,5,7);3H2,1-2H3;3H2,1-2H3/t30-,31+,36-;;;/m0.../s1. The topological polar surface area (TPSA) is 184 Å². The predicted octanol–water partition coefficient (Wildman–Crippen LogP) is 8.54. The highest BCUT2D eigenvalue weighted by Gasteiger charge is 2.45. The molecular weight excluding hydrogens is 813 g/mol. The number of piperidine rings is 1. The summed E-state index contributed by atoms with van der Waals surface area (Å²) in [6.07, 6.45) is 10.5. The Labute approximate surface area is 377 Å². The van der Waals surface area contributed by atoms with E-state index in [2.05, 4.69) is 133 Å². The van der Waals surface area contributed by atoms with Crippen LogP contribution in [0.1, 0.15) is 83.9 Å². The van der Waals surface area contributed by atoms with Gasteiger partial charge in [-0.05, 0) is 97.0 Å². The van der Waals surface area contributed by atoms with Crippen LogP contribution in [0.4, 0.5) is 9.59 Å². The molecule has 2 bridgehead atoms. The quantitative estimate of drug-likeness (QED) is 0.0837. The van der Waals surface area contributed by atoms with Crippen LogP contribution < -0.4 is 10.6 Å². The molecule has 0 radical (unpaired) electrons. The van der Waals surface area contributed by atoms with Crippen molar-refractivity contribution in [2.45, 2.75) is 84.8 Å². The minimum Gasteiger partial charge on any atom is -0.453 e. The van der Waals surface area contributed by atoms with Crippen molar-refractivity contribution in [1.29, 1.82) is 0 Å². The molecule has 5 aromatic rings. The smallest absolute Gasteiger partial charge is 0.407 e. The van der Waals surface area contributed by atoms with Crippen molar-refractivity contribution in [3.8, 4) is 33.6 Å². The van der Waals surface area contributed by atoms with Gasteiger partial charge in [-0.1, -0.05) is 75.7 Å². The number of H-pyrrole nitrogens is 2. The van der Waals surface area contributed by atoms with Gasteiger partial charge in [-0.2, -0.15) is 0 Å². The van der Waals surface area contributed by atoms with Gasteiger partial charge in [-0.25, -0.2) is 19.6 Å². The minimum atomic E-state index is -0.620. The number of alkyl carbamates (subject to hydrolysis) is 2. The molecule has 8 rings (SSSR count). The summed E-state index contributed by atoms with van der Waals surface area (Å²) in [6.45, 7) is 10.1. The molecule has 3 aliphatic rings. The van der Waals surface area contributed by atoms with Crippen LogP contribution in [-0.2, 0) is 30.3 Å². The van der Waals surface area contributed by atoms with E-state index in [1.54, 1.807) is 12.0 Å². The van der Waals surface area contributed by atoms with Crippen molar-refractivity contribution in [2.24, 2.45) is 11.3 Å². The maximum atomic E-state index is 13.0. The van der Waals surface area contributed by atoms with Gasteiger partial charge < -0.3 is 44.5 Å². The van der Waals surface area contributed by atoms with E-state index in [0.717, 1.165) is 64.5 Å². The average Bonchev–Trinajstić information content (AvgIpc) is 3.85. The number of benzene rings is 3. The Balaban J connectivity index is 0.000000447. The average molecular weight is 879 g/mol. The molecule has 3 amide bonds. The van der Waals surface area contributed by atoms with Crippen LogP contribution in [0.2, 0.25) is 0 Å². The van der Waals surface area contributed by atoms with Crippen molar-refractivity contribution in [3.63, 3.8) is 0 Å². The van der Waals surface area contributed by atoms with Crippen LogP contribution in [0.15, 0.2) is 73.1 Å². The van der Waals surface area contributed by atoms with Gasteiger partial charge in [-0.3, -0.25) is 9.69 Å². The number of hydrogen-bond donors (Lipinski definition) is 4. The van der Waals surface area contributed by atoms with Gasteiger partial charge >= 0.3 is 12.2 Å². The summed E-state index contributed by atoms with van der Waals surface area (Å²) in [4.78, 5) is 64.9. The van der Waals surface area contributed by atoms with Crippen molar-refractivity contribution >= 4 is 35.2 Å². The maximum absolute atomic E-state index is 13.0. The molecule has 3 atom stereocenters. The van der Waals surface area contributed by atoms with Gasteiger partial charge in [-0.15, -0.1) is 0 Å². The number of aromatic nitrogens is 4.